The van der Waals surface area contributed by atoms with Gasteiger partial charge in [-0.25, -0.2) is 4.98 Å². The lowest BCUT2D eigenvalue weighted by molar-refractivity contribution is -0.143. The Labute approximate surface area is 103 Å². The monoisotopic (exact) mass is 247 g/mol. The van der Waals surface area contributed by atoms with Crippen molar-refractivity contribution < 1.29 is 9.90 Å². The van der Waals surface area contributed by atoms with E-state index in [1.807, 2.05) is 19.1 Å². The third kappa shape index (κ3) is 1.82. The van der Waals surface area contributed by atoms with Crippen molar-refractivity contribution in [1.29, 1.82) is 0 Å². The Morgan fingerprint density at radius 3 is 2.94 bits per heavy atom. The molecule has 1 aromatic carbocycles. The Hall–Kier alpha value is -1.42. The van der Waals surface area contributed by atoms with Gasteiger partial charge in [0.05, 0.1) is 20.6 Å². The van der Waals surface area contributed by atoms with Crippen LogP contribution in [-0.2, 0) is 11.2 Å². The van der Waals surface area contributed by atoms with E-state index in [1.165, 1.54) is 0 Å². The number of aliphatic carboxylic acids is 1. The summed E-state index contributed by atoms with van der Waals surface area (Å²) in [5.74, 6) is -0.655. The lowest BCUT2D eigenvalue weighted by atomic mass is 9.97. The van der Waals surface area contributed by atoms with Gasteiger partial charge in [-0.3, -0.25) is 4.79 Å². The van der Waals surface area contributed by atoms with Crippen LogP contribution in [0.25, 0.3) is 10.2 Å². The molecule has 0 saturated heterocycles. The summed E-state index contributed by atoms with van der Waals surface area (Å²) >= 11 is 1.66. The normalized spacial score (nSPS) is 17.2. The van der Waals surface area contributed by atoms with Crippen LogP contribution in [0.15, 0.2) is 18.2 Å². The van der Waals surface area contributed by atoms with Crippen LogP contribution >= 0.6 is 11.3 Å². The molecule has 4 heteroatoms. The number of hydrogen-bond donors (Lipinski definition) is 1. The van der Waals surface area contributed by atoms with Crippen LogP contribution in [0.1, 0.15) is 23.4 Å². The standard InChI is InChI=1S/C13H13NO2S/c1-8-14-10-3-2-9(6-11(10)17-8)7-13(4-5-13)12(15)16/h2-3,6H,4-5,7H2,1H3,(H,15,16). The van der Waals surface area contributed by atoms with E-state index in [0.29, 0.717) is 6.42 Å². The quantitative estimate of drug-likeness (QED) is 0.907. The Balaban J connectivity index is 1.93. The molecule has 2 aromatic rings. The average molecular weight is 247 g/mol. The number of aromatic nitrogens is 1. The number of benzene rings is 1. The summed E-state index contributed by atoms with van der Waals surface area (Å²) < 4.78 is 1.15. The minimum absolute atomic E-state index is 0.479. The van der Waals surface area contributed by atoms with Crippen molar-refractivity contribution >= 4 is 27.5 Å². The van der Waals surface area contributed by atoms with Crippen LogP contribution in [0.4, 0.5) is 0 Å². The van der Waals surface area contributed by atoms with Gasteiger partial charge < -0.3 is 5.11 Å². The predicted octanol–water partition coefficient (Wildman–Crippen LogP) is 3.01. The first-order valence-corrected chi connectivity index (χ1v) is 6.50. The number of rotatable bonds is 3. The minimum Gasteiger partial charge on any atom is -0.481 e. The molecule has 88 valence electrons. The first kappa shape index (κ1) is 10.7. The molecule has 1 N–H and O–H groups in total. The average Bonchev–Trinajstić information content (AvgIpc) is 2.94. The summed E-state index contributed by atoms with van der Waals surface area (Å²) in [5.41, 5.74) is 1.64. The number of carboxylic acids is 1. The summed E-state index contributed by atoms with van der Waals surface area (Å²) in [6, 6.07) is 6.08. The molecule has 0 radical (unpaired) electrons. The molecule has 3 nitrogen and oxygen atoms in total. The van der Waals surface area contributed by atoms with E-state index in [4.69, 9.17) is 0 Å². The number of aryl methyl sites for hydroxylation is 1. The van der Waals surface area contributed by atoms with Crippen molar-refractivity contribution in [2.45, 2.75) is 26.2 Å². The maximum Gasteiger partial charge on any atom is 0.309 e. The van der Waals surface area contributed by atoms with Gasteiger partial charge in [0.2, 0.25) is 0 Å². The first-order valence-electron chi connectivity index (χ1n) is 5.69. The highest BCUT2D eigenvalue weighted by Gasteiger charge is 2.49. The fourth-order valence-corrected chi connectivity index (χ4v) is 3.09. The third-order valence-electron chi connectivity index (χ3n) is 3.41. The van der Waals surface area contributed by atoms with E-state index in [1.54, 1.807) is 11.3 Å². The van der Waals surface area contributed by atoms with Crippen LogP contribution in [0.5, 0.6) is 0 Å². The number of fused-ring (bicyclic) bond motifs is 1. The van der Waals surface area contributed by atoms with E-state index < -0.39 is 11.4 Å². The summed E-state index contributed by atoms with van der Waals surface area (Å²) in [6.07, 6.45) is 2.26. The van der Waals surface area contributed by atoms with Crippen LogP contribution in [-0.4, -0.2) is 16.1 Å². The van der Waals surface area contributed by atoms with E-state index in [0.717, 1.165) is 33.6 Å². The van der Waals surface area contributed by atoms with Gasteiger partial charge in [0.25, 0.3) is 0 Å². The largest absolute Gasteiger partial charge is 0.481 e. The van der Waals surface area contributed by atoms with Gasteiger partial charge in [0.15, 0.2) is 0 Å². The molecule has 0 aliphatic heterocycles. The highest BCUT2D eigenvalue weighted by atomic mass is 32.1. The molecular formula is C13H13NO2S. The van der Waals surface area contributed by atoms with Gasteiger partial charge in [-0.05, 0) is 43.9 Å². The molecule has 0 bridgehead atoms. The van der Waals surface area contributed by atoms with Gasteiger partial charge >= 0.3 is 5.97 Å². The van der Waals surface area contributed by atoms with Crippen molar-refractivity contribution in [3.05, 3.63) is 28.8 Å². The molecule has 1 aromatic heterocycles. The lowest BCUT2D eigenvalue weighted by Crippen LogP contribution is -2.17. The van der Waals surface area contributed by atoms with Crippen LogP contribution in [0.2, 0.25) is 0 Å². The molecule has 1 fully saturated rings. The molecule has 0 atom stereocenters. The number of thiazole rings is 1. The van der Waals surface area contributed by atoms with Crippen LogP contribution in [0, 0.1) is 12.3 Å². The van der Waals surface area contributed by atoms with Gasteiger partial charge in [0.1, 0.15) is 0 Å². The van der Waals surface area contributed by atoms with E-state index in [-0.39, 0.29) is 0 Å². The second kappa shape index (κ2) is 3.53. The highest BCUT2D eigenvalue weighted by Crippen LogP contribution is 2.48. The second-order valence-electron chi connectivity index (χ2n) is 4.80. The molecule has 0 spiro atoms. The molecule has 1 saturated carbocycles. The number of carboxylic acid groups (broad SMARTS) is 1. The highest BCUT2D eigenvalue weighted by molar-refractivity contribution is 7.18. The van der Waals surface area contributed by atoms with Gasteiger partial charge in [-0.15, -0.1) is 11.3 Å². The van der Waals surface area contributed by atoms with Crippen molar-refractivity contribution in [2.24, 2.45) is 5.41 Å². The maximum absolute atomic E-state index is 11.1. The third-order valence-corrected chi connectivity index (χ3v) is 4.34. The zero-order valence-electron chi connectivity index (χ0n) is 9.56. The minimum atomic E-state index is -0.655. The van der Waals surface area contributed by atoms with E-state index >= 15 is 0 Å². The zero-order valence-corrected chi connectivity index (χ0v) is 10.4. The summed E-state index contributed by atoms with van der Waals surface area (Å²) in [6.45, 7) is 1.99. The molecule has 0 amide bonds. The molecule has 3 rings (SSSR count). The van der Waals surface area contributed by atoms with Gasteiger partial charge in [-0.1, -0.05) is 6.07 Å². The maximum atomic E-state index is 11.1. The van der Waals surface area contributed by atoms with Crippen LogP contribution in [0.3, 0.4) is 0 Å². The SMILES string of the molecule is Cc1nc2ccc(CC3(C(=O)O)CC3)cc2s1. The second-order valence-corrected chi connectivity index (χ2v) is 6.03. The molecule has 17 heavy (non-hydrogen) atoms. The summed E-state index contributed by atoms with van der Waals surface area (Å²) in [4.78, 5) is 15.5. The van der Waals surface area contributed by atoms with Crippen molar-refractivity contribution in [3.63, 3.8) is 0 Å². The Kier molecular flexibility index (Phi) is 2.23. The number of nitrogens with zero attached hydrogens (tertiary/aromatic N) is 1. The topological polar surface area (TPSA) is 50.2 Å². The van der Waals surface area contributed by atoms with Crippen molar-refractivity contribution in [2.75, 3.05) is 0 Å². The van der Waals surface area contributed by atoms with Crippen molar-refractivity contribution in [3.8, 4) is 0 Å². The van der Waals surface area contributed by atoms with Crippen LogP contribution < -0.4 is 0 Å². The first-order chi connectivity index (χ1) is 8.09. The molecule has 1 aliphatic carbocycles. The Morgan fingerprint density at radius 2 is 2.29 bits per heavy atom. The van der Waals surface area contributed by atoms with Gasteiger partial charge in [-0.2, -0.15) is 0 Å². The molecule has 1 aliphatic rings. The van der Waals surface area contributed by atoms with Crippen molar-refractivity contribution in [1.82, 2.24) is 4.98 Å². The molecular weight excluding hydrogens is 234 g/mol. The fraction of sp³-hybridized carbons (Fsp3) is 0.385. The van der Waals surface area contributed by atoms with Gasteiger partial charge in [0, 0.05) is 0 Å². The Bertz CT molecular complexity index is 598. The fourth-order valence-electron chi connectivity index (χ4n) is 2.20. The summed E-state index contributed by atoms with van der Waals surface area (Å²) in [7, 11) is 0. The smallest absolute Gasteiger partial charge is 0.309 e. The predicted molar refractivity (Wildman–Crippen MR) is 67.4 cm³/mol. The van der Waals surface area contributed by atoms with E-state index in [9.17, 15) is 9.90 Å². The lowest BCUT2D eigenvalue weighted by Gasteiger charge is -2.09. The van der Waals surface area contributed by atoms with E-state index in [2.05, 4.69) is 11.1 Å². The number of carbonyl (C=O) groups is 1. The number of hydrogen-bond acceptors (Lipinski definition) is 3. The summed E-state index contributed by atoms with van der Waals surface area (Å²) in [5, 5.41) is 10.2. The molecule has 1 heterocycles. The molecule has 0 unspecified atom stereocenters. The Morgan fingerprint density at radius 1 is 1.53 bits per heavy atom. The zero-order chi connectivity index (χ0) is 12.0.